The standard InChI is InChI=1S/C24H22BN3/c25-28-15-14-21-20(16-28)19-12-7-13-22(24(19)26-21)27-23(17-8-3-1-4-9-17)18-10-5-2-6-11-18/h1-13,20-21,26H,14-16H2. The molecule has 1 N–H and O–H groups in total. The van der Waals surface area contributed by atoms with Gasteiger partial charge < -0.3 is 10.1 Å². The molecule has 0 spiro atoms. The molecule has 0 amide bonds. The van der Waals surface area contributed by atoms with Crippen LogP contribution >= 0.6 is 0 Å². The van der Waals surface area contributed by atoms with Gasteiger partial charge in [0.1, 0.15) is 0 Å². The van der Waals surface area contributed by atoms with E-state index in [9.17, 15) is 0 Å². The molecule has 136 valence electrons. The van der Waals surface area contributed by atoms with Gasteiger partial charge >= 0.3 is 0 Å². The zero-order valence-electron chi connectivity index (χ0n) is 15.8. The number of benzene rings is 3. The number of rotatable bonds is 3. The number of nitrogens with zero attached hydrogens (tertiary/aromatic N) is 2. The highest BCUT2D eigenvalue weighted by Gasteiger charge is 2.36. The van der Waals surface area contributed by atoms with Crippen LogP contribution in [0.5, 0.6) is 0 Å². The van der Waals surface area contributed by atoms with Crippen molar-refractivity contribution in [3.63, 3.8) is 0 Å². The Kier molecular flexibility index (Phi) is 4.49. The van der Waals surface area contributed by atoms with Crippen LogP contribution in [-0.4, -0.2) is 37.6 Å². The second-order valence-corrected chi connectivity index (χ2v) is 7.57. The fraction of sp³-hybridized carbons (Fsp3) is 0.208. The van der Waals surface area contributed by atoms with Crippen molar-refractivity contribution in [2.24, 2.45) is 4.99 Å². The van der Waals surface area contributed by atoms with Crippen LogP contribution in [0, 0.1) is 0 Å². The van der Waals surface area contributed by atoms with Gasteiger partial charge in [0.25, 0.3) is 0 Å². The summed E-state index contributed by atoms with van der Waals surface area (Å²) < 4.78 is 0. The molecular weight excluding hydrogens is 341 g/mol. The lowest BCUT2D eigenvalue weighted by Gasteiger charge is -2.33. The average molecular weight is 363 g/mol. The van der Waals surface area contributed by atoms with Gasteiger partial charge in [-0.3, -0.25) is 0 Å². The third kappa shape index (κ3) is 3.14. The second kappa shape index (κ2) is 7.29. The molecule has 3 nitrogen and oxygen atoms in total. The van der Waals surface area contributed by atoms with Crippen LogP contribution in [0.25, 0.3) is 0 Å². The molecule has 2 aliphatic rings. The number of para-hydroxylation sites is 1. The summed E-state index contributed by atoms with van der Waals surface area (Å²) in [6.45, 7) is 1.82. The first kappa shape index (κ1) is 17.3. The van der Waals surface area contributed by atoms with Crippen molar-refractivity contribution in [1.29, 1.82) is 0 Å². The zero-order chi connectivity index (χ0) is 18.9. The van der Waals surface area contributed by atoms with E-state index in [0.29, 0.717) is 12.0 Å². The molecule has 0 aromatic heterocycles. The average Bonchev–Trinajstić information content (AvgIpc) is 3.12. The van der Waals surface area contributed by atoms with Gasteiger partial charge in [0.15, 0.2) is 7.98 Å². The van der Waals surface area contributed by atoms with E-state index < -0.39 is 0 Å². The van der Waals surface area contributed by atoms with E-state index in [1.165, 1.54) is 5.56 Å². The SMILES string of the molecule is [B]N1CCC2Nc3c(N=C(c4ccccc4)c4ccccc4)cccc3C2C1. The summed E-state index contributed by atoms with van der Waals surface area (Å²) in [7, 11) is 6.10. The molecule has 3 aromatic carbocycles. The third-order valence-electron chi connectivity index (χ3n) is 5.77. The molecule has 5 rings (SSSR count). The molecule has 2 radical (unpaired) electrons. The van der Waals surface area contributed by atoms with Gasteiger partial charge in [0.2, 0.25) is 0 Å². The molecule has 2 atom stereocenters. The van der Waals surface area contributed by atoms with E-state index in [4.69, 9.17) is 13.0 Å². The van der Waals surface area contributed by atoms with Crippen molar-refractivity contribution < 1.29 is 0 Å². The van der Waals surface area contributed by atoms with Gasteiger partial charge in [-0.15, -0.1) is 0 Å². The van der Waals surface area contributed by atoms with Crippen molar-refractivity contribution in [3.8, 4) is 0 Å². The zero-order valence-corrected chi connectivity index (χ0v) is 15.8. The van der Waals surface area contributed by atoms with Gasteiger partial charge in [-0.25, -0.2) is 4.99 Å². The summed E-state index contributed by atoms with van der Waals surface area (Å²) in [4.78, 5) is 7.09. The molecule has 1 saturated heterocycles. The predicted octanol–water partition coefficient (Wildman–Crippen LogP) is 4.52. The molecule has 1 fully saturated rings. The first-order valence-corrected chi connectivity index (χ1v) is 9.88. The van der Waals surface area contributed by atoms with Crippen LogP contribution in [0.1, 0.15) is 29.0 Å². The Morgan fingerprint density at radius 2 is 1.57 bits per heavy atom. The number of hydrogen-bond acceptors (Lipinski definition) is 3. The Bertz CT molecular complexity index is 959. The van der Waals surface area contributed by atoms with Crippen LogP contribution < -0.4 is 5.32 Å². The second-order valence-electron chi connectivity index (χ2n) is 7.57. The minimum Gasteiger partial charge on any atom is -0.380 e. The van der Waals surface area contributed by atoms with Crippen LogP contribution in [0.15, 0.2) is 83.9 Å². The minimum absolute atomic E-state index is 0.431. The molecule has 3 aromatic rings. The summed E-state index contributed by atoms with van der Waals surface area (Å²) in [5, 5.41) is 3.74. The Hall–Kier alpha value is -2.85. The number of nitrogens with one attached hydrogen (secondary N) is 1. The van der Waals surface area contributed by atoms with E-state index in [1.807, 2.05) is 16.9 Å². The quantitative estimate of drug-likeness (QED) is 0.547. The van der Waals surface area contributed by atoms with E-state index >= 15 is 0 Å². The van der Waals surface area contributed by atoms with Gasteiger partial charge in [-0.1, -0.05) is 72.8 Å². The highest BCUT2D eigenvalue weighted by molar-refractivity contribution is 6.14. The molecular formula is C24H22BN3. The molecule has 2 heterocycles. The normalized spacial score (nSPS) is 20.7. The fourth-order valence-electron chi connectivity index (χ4n) is 4.38. The predicted molar refractivity (Wildman–Crippen MR) is 117 cm³/mol. The summed E-state index contributed by atoms with van der Waals surface area (Å²) in [5.41, 5.74) is 6.73. The maximum atomic E-state index is 6.10. The smallest absolute Gasteiger partial charge is 0.182 e. The van der Waals surface area contributed by atoms with Crippen LogP contribution in [0.4, 0.5) is 11.4 Å². The number of aliphatic imine (C=N–C) groups is 1. The monoisotopic (exact) mass is 363 g/mol. The fourth-order valence-corrected chi connectivity index (χ4v) is 4.38. The Morgan fingerprint density at radius 1 is 0.893 bits per heavy atom. The maximum Gasteiger partial charge on any atom is 0.182 e. The van der Waals surface area contributed by atoms with E-state index in [2.05, 4.69) is 72.0 Å². The highest BCUT2D eigenvalue weighted by Crippen LogP contribution is 2.44. The lowest BCUT2D eigenvalue weighted by Crippen LogP contribution is -2.40. The summed E-state index contributed by atoms with van der Waals surface area (Å²) in [6.07, 6.45) is 1.06. The molecule has 0 saturated carbocycles. The lowest BCUT2D eigenvalue weighted by atomic mass is 9.88. The highest BCUT2D eigenvalue weighted by atomic mass is 15.1. The minimum atomic E-state index is 0.431. The van der Waals surface area contributed by atoms with E-state index in [1.54, 1.807) is 0 Å². The van der Waals surface area contributed by atoms with E-state index in [0.717, 1.165) is 47.7 Å². The first-order valence-electron chi connectivity index (χ1n) is 9.88. The van der Waals surface area contributed by atoms with Gasteiger partial charge in [0, 0.05) is 23.1 Å². The molecule has 0 aliphatic carbocycles. The summed E-state index contributed by atoms with van der Waals surface area (Å²) in [5.74, 6) is 0.431. The van der Waals surface area contributed by atoms with Gasteiger partial charge in [-0.05, 0) is 31.1 Å². The van der Waals surface area contributed by atoms with Crippen molar-refractivity contribution >= 4 is 25.1 Å². The third-order valence-corrected chi connectivity index (χ3v) is 5.77. The Morgan fingerprint density at radius 3 is 2.25 bits per heavy atom. The number of hydrogen-bond donors (Lipinski definition) is 1. The Balaban J connectivity index is 1.62. The number of fused-ring (bicyclic) bond motifs is 3. The van der Waals surface area contributed by atoms with E-state index in [-0.39, 0.29) is 0 Å². The van der Waals surface area contributed by atoms with Crippen LogP contribution in [0.2, 0.25) is 0 Å². The molecule has 0 bridgehead atoms. The van der Waals surface area contributed by atoms with Gasteiger partial charge in [0.05, 0.1) is 17.1 Å². The van der Waals surface area contributed by atoms with Gasteiger partial charge in [-0.2, -0.15) is 0 Å². The first-order chi connectivity index (χ1) is 13.8. The molecule has 2 unspecified atom stereocenters. The summed E-state index contributed by atoms with van der Waals surface area (Å²) >= 11 is 0. The van der Waals surface area contributed by atoms with Crippen molar-refractivity contribution in [2.75, 3.05) is 18.4 Å². The molecule has 4 heteroatoms. The topological polar surface area (TPSA) is 27.6 Å². The summed E-state index contributed by atoms with van der Waals surface area (Å²) in [6, 6.07) is 27.7. The largest absolute Gasteiger partial charge is 0.380 e. The number of piperidine rings is 1. The van der Waals surface area contributed by atoms with Crippen LogP contribution in [0.3, 0.4) is 0 Å². The lowest BCUT2D eigenvalue weighted by molar-refractivity contribution is 0.319. The number of anilines is 1. The van der Waals surface area contributed by atoms with Crippen molar-refractivity contribution in [3.05, 3.63) is 95.6 Å². The molecule has 2 aliphatic heterocycles. The van der Waals surface area contributed by atoms with Crippen molar-refractivity contribution in [1.82, 2.24) is 4.81 Å². The van der Waals surface area contributed by atoms with Crippen molar-refractivity contribution in [2.45, 2.75) is 18.4 Å². The van der Waals surface area contributed by atoms with Crippen LogP contribution in [-0.2, 0) is 0 Å². The Labute approximate surface area is 167 Å². The maximum absolute atomic E-state index is 6.10. The molecule has 28 heavy (non-hydrogen) atoms.